The number of nitrogens with zero attached hydrogens (tertiary/aromatic N) is 4. The fraction of sp³-hybridized carbons (Fsp3) is 0.350. The van der Waals surface area contributed by atoms with Gasteiger partial charge in [-0.3, -0.25) is 9.78 Å². The summed E-state index contributed by atoms with van der Waals surface area (Å²) in [5.41, 5.74) is 2.65. The Kier molecular flexibility index (Phi) is 4.41. The predicted octanol–water partition coefficient (Wildman–Crippen LogP) is 4.30. The van der Waals surface area contributed by atoms with Gasteiger partial charge in [0, 0.05) is 41.8 Å². The Bertz CT molecular complexity index is 965. The second-order valence-electron chi connectivity index (χ2n) is 7.05. The van der Waals surface area contributed by atoms with Crippen molar-refractivity contribution in [1.29, 1.82) is 0 Å². The Hall–Kier alpha value is -2.40. The molecule has 1 saturated heterocycles. The monoisotopic (exact) mass is 368 g/mol. The van der Waals surface area contributed by atoms with E-state index in [2.05, 4.69) is 23.4 Å². The fourth-order valence-corrected chi connectivity index (χ4v) is 3.94. The zero-order valence-corrected chi connectivity index (χ0v) is 15.6. The van der Waals surface area contributed by atoms with Gasteiger partial charge in [0.25, 0.3) is 5.91 Å². The van der Waals surface area contributed by atoms with Crippen molar-refractivity contribution < 1.29 is 4.79 Å². The van der Waals surface area contributed by atoms with E-state index < -0.39 is 0 Å². The van der Waals surface area contributed by atoms with Crippen molar-refractivity contribution in [2.24, 2.45) is 0 Å². The number of amides is 1. The zero-order valence-electron chi connectivity index (χ0n) is 14.9. The number of likely N-dealkylation sites (tertiary alicyclic amines) is 1. The van der Waals surface area contributed by atoms with Crippen LogP contribution in [-0.4, -0.2) is 38.4 Å². The van der Waals surface area contributed by atoms with Crippen LogP contribution in [0, 0.1) is 0 Å². The standard InChI is InChI=1S/C20H21ClN4O/c1-13(2)25-18-11-22-8-6-17(18)23-19(25)15-7-9-24(12-15)20(26)14-4-3-5-16(21)10-14/h3-6,8,10-11,13,15H,7,9,12H2,1-2H3/t15-/m0/s1. The van der Waals surface area contributed by atoms with Gasteiger partial charge in [-0.05, 0) is 44.5 Å². The number of fused-ring (bicyclic) bond motifs is 1. The van der Waals surface area contributed by atoms with Crippen molar-refractivity contribution in [2.45, 2.75) is 32.2 Å². The maximum atomic E-state index is 12.8. The van der Waals surface area contributed by atoms with Gasteiger partial charge < -0.3 is 9.47 Å². The highest BCUT2D eigenvalue weighted by molar-refractivity contribution is 6.30. The lowest BCUT2D eigenvalue weighted by Gasteiger charge is -2.19. The van der Waals surface area contributed by atoms with E-state index >= 15 is 0 Å². The summed E-state index contributed by atoms with van der Waals surface area (Å²) in [4.78, 5) is 23.8. The number of benzene rings is 1. The van der Waals surface area contributed by atoms with Crippen molar-refractivity contribution in [2.75, 3.05) is 13.1 Å². The van der Waals surface area contributed by atoms with Crippen LogP contribution in [-0.2, 0) is 0 Å². The first-order chi connectivity index (χ1) is 12.5. The van der Waals surface area contributed by atoms with Crippen LogP contribution in [0.15, 0.2) is 42.7 Å². The zero-order chi connectivity index (χ0) is 18.3. The van der Waals surface area contributed by atoms with Crippen LogP contribution < -0.4 is 0 Å². The first kappa shape index (κ1) is 17.0. The van der Waals surface area contributed by atoms with Gasteiger partial charge in [-0.1, -0.05) is 17.7 Å². The van der Waals surface area contributed by atoms with Crippen molar-refractivity contribution in [3.8, 4) is 0 Å². The molecule has 3 aromatic rings. The lowest BCUT2D eigenvalue weighted by atomic mass is 10.1. The van der Waals surface area contributed by atoms with Crippen LogP contribution in [0.25, 0.3) is 11.0 Å². The number of carbonyl (C=O) groups is 1. The molecule has 2 aromatic heterocycles. The molecule has 134 valence electrons. The molecule has 0 aliphatic carbocycles. The molecular formula is C20H21ClN4O. The molecule has 1 atom stereocenters. The van der Waals surface area contributed by atoms with E-state index in [0.717, 1.165) is 29.8 Å². The lowest BCUT2D eigenvalue weighted by molar-refractivity contribution is 0.0790. The maximum Gasteiger partial charge on any atom is 0.253 e. The largest absolute Gasteiger partial charge is 0.338 e. The van der Waals surface area contributed by atoms with Gasteiger partial charge in [-0.25, -0.2) is 4.98 Å². The molecule has 0 saturated carbocycles. The van der Waals surface area contributed by atoms with Crippen molar-refractivity contribution in [3.05, 3.63) is 59.1 Å². The average Bonchev–Trinajstić information content (AvgIpc) is 3.25. The number of hydrogen-bond acceptors (Lipinski definition) is 3. The molecule has 0 unspecified atom stereocenters. The Labute approximate surface area is 157 Å². The first-order valence-electron chi connectivity index (χ1n) is 8.91. The van der Waals surface area contributed by atoms with E-state index in [4.69, 9.17) is 16.6 Å². The number of hydrogen-bond donors (Lipinski definition) is 0. The molecule has 1 aliphatic rings. The topological polar surface area (TPSA) is 51.0 Å². The Morgan fingerprint density at radius 1 is 1.31 bits per heavy atom. The molecule has 0 bridgehead atoms. The minimum Gasteiger partial charge on any atom is -0.338 e. The molecule has 1 aliphatic heterocycles. The highest BCUT2D eigenvalue weighted by Crippen LogP contribution is 2.32. The molecule has 0 N–H and O–H groups in total. The summed E-state index contributed by atoms with van der Waals surface area (Å²) in [5, 5.41) is 0.584. The molecule has 1 amide bonds. The molecule has 26 heavy (non-hydrogen) atoms. The second kappa shape index (κ2) is 6.72. The summed E-state index contributed by atoms with van der Waals surface area (Å²) in [6, 6.07) is 9.37. The smallest absolute Gasteiger partial charge is 0.253 e. The molecule has 6 heteroatoms. The number of carbonyl (C=O) groups excluding carboxylic acids is 1. The van der Waals surface area contributed by atoms with Crippen LogP contribution in [0.1, 0.15) is 48.4 Å². The van der Waals surface area contributed by atoms with Gasteiger partial charge in [-0.15, -0.1) is 0 Å². The van der Waals surface area contributed by atoms with Crippen LogP contribution in [0.3, 0.4) is 0 Å². The Morgan fingerprint density at radius 3 is 2.92 bits per heavy atom. The van der Waals surface area contributed by atoms with E-state index in [9.17, 15) is 4.79 Å². The molecule has 4 rings (SSSR count). The minimum atomic E-state index is 0.0314. The van der Waals surface area contributed by atoms with E-state index in [0.29, 0.717) is 17.1 Å². The van der Waals surface area contributed by atoms with Crippen LogP contribution >= 0.6 is 11.6 Å². The molecule has 0 spiro atoms. The first-order valence-corrected chi connectivity index (χ1v) is 9.29. The summed E-state index contributed by atoms with van der Waals surface area (Å²) < 4.78 is 2.25. The molecule has 5 nitrogen and oxygen atoms in total. The summed E-state index contributed by atoms with van der Waals surface area (Å²) in [7, 11) is 0. The van der Waals surface area contributed by atoms with Crippen molar-refractivity contribution in [1.82, 2.24) is 19.4 Å². The maximum absolute atomic E-state index is 12.8. The quantitative estimate of drug-likeness (QED) is 0.692. The van der Waals surface area contributed by atoms with E-state index in [1.54, 1.807) is 18.3 Å². The lowest BCUT2D eigenvalue weighted by Crippen LogP contribution is -2.28. The van der Waals surface area contributed by atoms with E-state index in [-0.39, 0.29) is 17.9 Å². The predicted molar refractivity (Wildman–Crippen MR) is 103 cm³/mol. The third kappa shape index (κ3) is 2.97. The number of pyridine rings is 1. The molecule has 3 heterocycles. The normalized spacial score (nSPS) is 17.4. The number of imidazole rings is 1. The second-order valence-corrected chi connectivity index (χ2v) is 7.48. The van der Waals surface area contributed by atoms with Crippen LogP contribution in [0.5, 0.6) is 0 Å². The van der Waals surface area contributed by atoms with Crippen molar-refractivity contribution in [3.63, 3.8) is 0 Å². The summed E-state index contributed by atoms with van der Waals surface area (Å²) in [6.07, 6.45) is 4.55. The van der Waals surface area contributed by atoms with Gasteiger partial charge in [0.05, 0.1) is 17.2 Å². The third-order valence-corrected chi connectivity index (χ3v) is 5.18. The Morgan fingerprint density at radius 2 is 2.15 bits per heavy atom. The van der Waals surface area contributed by atoms with Gasteiger partial charge in [-0.2, -0.15) is 0 Å². The summed E-state index contributed by atoms with van der Waals surface area (Å²) in [6.45, 7) is 5.72. The number of aromatic nitrogens is 3. The molecule has 0 radical (unpaired) electrons. The van der Waals surface area contributed by atoms with Crippen LogP contribution in [0.4, 0.5) is 0 Å². The third-order valence-electron chi connectivity index (χ3n) is 4.95. The molecular weight excluding hydrogens is 348 g/mol. The summed E-state index contributed by atoms with van der Waals surface area (Å²) >= 11 is 6.03. The number of rotatable bonds is 3. The molecule has 1 aromatic carbocycles. The van der Waals surface area contributed by atoms with E-state index in [1.165, 1.54) is 0 Å². The van der Waals surface area contributed by atoms with Gasteiger partial charge in [0.15, 0.2) is 0 Å². The van der Waals surface area contributed by atoms with Gasteiger partial charge in [0.2, 0.25) is 0 Å². The van der Waals surface area contributed by atoms with Crippen LogP contribution in [0.2, 0.25) is 5.02 Å². The van der Waals surface area contributed by atoms with Gasteiger partial charge in [0.1, 0.15) is 5.82 Å². The van der Waals surface area contributed by atoms with Crippen molar-refractivity contribution >= 4 is 28.5 Å². The molecule has 1 fully saturated rings. The number of halogens is 1. The summed E-state index contributed by atoms with van der Waals surface area (Å²) in [5.74, 6) is 1.31. The Balaban J connectivity index is 1.62. The SMILES string of the molecule is CC(C)n1c([C@H]2CCN(C(=O)c3cccc(Cl)c3)C2)nc2ccncc21. The minimum absolute atomic E-state index is 0.0314. The fourth-order valence-electron chi connectivity index (χ4n) is 3.75. The highest BCUT2D eigenvalue weighted by Gasteiger charge is 2.32. The highest BCUT2D eigenvalue weighted by atomic mass is 35.5. The van der Waals surface area contributed by atoms with Gasteiger partial charge >= 0.3 is 0 Å². The average molecular weight is 369 g/mol. The van der Waals surface area contributed by atoms with E-state index in [1.807, 2.05) is 29.3 Å².